The molecule has 2 aliphatic rings. The molecular weight excluding hydrogens is 333 g/mol. The van der Waals surface area contributed by atoms with Crippen molar-refractivity contribution in [3.63, 3.8) is 0 Å². The number of ether oxygens (including phenoxy) is 1. The lowest BCUT2D eigenvalue weighted by atomic mass is 9.77. The Morgan fingerprint density at radius 3 is 2.56 bits per heavy atom. The van der Waals surface area contributed by atoms with Crippen molar-refractivity contribution >= 4 is 23.3 Å². The highest BCUT2D eigenvalue weighted by Crippen LogP contribution is 2.41. The Hall–Kier alpha value is -2.71. The van der Waals surface area contributed by atoms with E-state index < -0.39 is 27.7 Å². The number of carbonyl (C=O) groups excluding carboxylic acids is 2. The molecule has 2 aliphatic heterocycles. The first kappa shape index (κ1) is 17.1. The van der Waals surface area contributed by atoms with Gasteiger partial charge in [0.25, 0.3) is 5.69 Å². The molecule has 134 valence electrons. The van der Waals surface area contributed by atoms with Gasteiger partial charge in [0.2, 0.25) is 5.91 Å². The molecule has 8 nitrogen and oxygen atoms in total. The first-order valence-corrected chi connectivity index (χ1v) is 7.97. The van der Waals surface area contributed by atoms with Crippen LogP contribution in [0.4, 0.5) is 15.8 Å². The lowest BCUT2D eigenvalue weighted by Crippen LogP contribution is -2.44. The van der Waals surface area contributed by atoms with Gasteiger partial charge < -0.3 is 15.0 Å². The summed E-state index contributed by atoms with van der Waals surface area (Å²) in [5.41, 5.74) is -1.13. The van der Waals surface area contributed by atoms with Crippen LogP contribution in [0, 0.1) is 21.3 Å². The number of nitro benzene ring substituents is 1. The quantitative estimate of drug-likeness (QED) is 0.504. The van der Waals surface area contributed by atoms with E-state index in [1.165, 1.54) is 0 Å². The van der Waals surface area contributed by atoms with Crippen molar-refractivity contribution in [2.45, 2.75) is 19.3 Å². The van der Waals surface area contributed by atoms with Gasteiger partial charge in [-0.25, -0.2) is 9.18 Å². The topological polar surface area (TPSA) is 102 Å². The second-order valence-electron chi connectivity index (χ2n) is 6.34. The first-order valence-electron chi connectivity index (χ1n) is 7.97. The van der Waals surface area contributed by atoms with E-state index in [-0.39, 0.29) is 17.3 Å². The number of nitrogens with one attached hydrogen (secondary N) is 1. The van der Waals surface area contributed by atoms with E-state index in [0.717, 1.165) is 25.7 Å². The number of nitro groups is 1. The van der Waals surface area contributed by atoms with Crippen LogP contribution in [-0.4, -0.2) is 43.5 Å². The van der Waals surface area contributed by atoms with Gasteiger partial charge in [-0.15, -0.1) is 0 Å². The number of esters is 1. The van der Waals surface area contributed by atoms with Gasteiger partial charge in [-0.3, -0.25) is 14.9 Å². The van der Waals surface area contributed by atoms with E-state index in [0.29, 0.717) is 32.5 Å². The minimum atomic E-state index is -0.965. The Kier molecular flexibility index (Phi) is 4.32. The third-order valence-electron chi connectivity index (χ3n) is 5.10. The highest BCUT2D eigenvalue weighted by atomic mass is 19.1. The summed E-state index contributed by atoms with van der Waals surface area (Å²) in [6.45, 7) is 1.46. The molecule has 0 unspecified atom stereocenters. The summed E-state index contributed by atoms with van der Waals surface area (Å²) < 4.78 is 18.7. The summed E-state index contributed by atoms with van der Waals surface area (Å²) >= 11 is 0. The molecular formula is C16H18FN3O5. The van der Waals surface area contributed by atoms with Gasteiger partial charge in [-0.2, -0.15) is 0 Å². The van der Waals surface area contributed by atoms with Crippen molar-refractivity contribution in [1.82, 2.24) is 5.32 Å². The molecule has 0 atom stereocenters. The molecule has 0 saturated carbocycles. The second-order valence-corrected chi connectivity index (χ2v) is 6.34. The van der Waals surface area contributed by atoms with E-state index in [2.05, 4.69) is 10.1 Å². The number of hydrogen-bond donors (Lipinski definition) is 1. The largest absolute Gasteiger partial charge is 0.465 e. The van der Waals surface area contributed by atoms with Crippen LogP contribution in [0.3, 0.4) is 0 Å². The number of carbonyl (C=O) groups is 2. The number of anilines is 1. The average molecular weight is 351 g/mol. The average Bonchev–Trinajstić information content (AvgIpc) is 2.94. The monoisotopic (exact) mass is 351 g/mol. The predicted molar refractivity (Wildman–Crippen MR) is 85.9 cm³/mol. The number of rotatable bonds is 3. The van der Waals surface area contributed by atoms with Crippen LogP contribution in [-0.2, 0) is 9.53 Å². The van der Waals surface area contributed by atoms with Crippen molar-refractivity contribution in [2.24, 2.45) is 5.41 Å². The standard InChI is InChI=1S/C16H18FN3O5/c1-25-14(21)10-8-13(20(23)24)12(9-11(10)17)19-6-3-16(4-7-19)2-5-18-15(16)22/h8-9H,2-7H2,1H3,(H,18,22). The van der Waals surface area contributed by atoms with E-state index in [4.69, 9.17) is 0 Å². The molecule has 25 heavy (non-hydrogen) atoms. The predicted octanol–water partition coefficient (Wildman–Crippen LogP) is 1.63. The number of piperidine rings is 1. The molecule has 3 rings (SSSR count). The first-order chi connectivity index (χ1) is 11.9. The van der Waals surface area contributed by atoms with Crippen LogP contribution >= 0.6 is 0 Å². The maximum absolute atomic E-state index is 14.2. The Morgan fingerprint density at radius 2 is 2.04 bits per heavy atom. The Balaban J connectivity index is 1.90. The van der Waals surface area contributed by atoms with E-state index in [9.17, 15) is 24.1 Å². The maximum Gasteiger partial charge on any atom is 0.341 e. The molecule has 1 spiro atoms. The SMILES string of the molecule is COC(=O)c1cc([N+](=O)[O-])c(N2CCC3(CCNC3=O)CC2)cc1F. The van der Waals surface area contributed by atoms with Crippen molar-refractivity contribution in [2.75, 3.05) is 31.6 Å². The molecule has 2 fully saturated rings. The molecule has 0 radical (unpaired) electrons. The third-order valence-corrected chi connectivity index (χ3v) is 5.10. The number of methoxy groups -OCH3 is 1. The molecule has 0 aliphatic carbocycles. The van der Waals surface area contributed by atoms with Crippen molar-refractivity contribution in [1.29, 1.82) is 0 Å². The Labute approximate surface area is 143 Å². The molecule has 2 heterocycles. The van der Waals surface area contributed by atoms with Crippen LogP contribution in [0.15, 0.2) is 12.1 Å². The van der Waals surface area contributed by atoms with Gasteiger partial charge in [0.15, 0.2) is 0 Å². The summed E-state index contributed by atoms with van der Waals surface area (Å²) in [5.74, 6) is -1.81. The van der Waals surface area contributed by atoms with Crippen LogP contribution in [0.1, 0.15) is 29.6 Å². The van der Waals surface area contributed by atoms with Crippen molar-refractivity contribution in [3.05, 3.63) is 33.6 Å². The Morgan fingerprint density at radius 1 is 1.36 bits per heavy atom. The summed E-state index contributed by atoms with van der Waals surface area (Å²) in [4.78, 5) is 36.0. The highest BCUT2D eigenvalue weighted by molar-refractivity contribution is 5.92. The zero-order chi connectivity index (χ0) is 18.2. The summed E-state index contributed by atoms with van der Waals surface area (Å²) in [6.07, 6.45) is 1.85. The molecule has 1 N–H and O–H groups in total. The van der Waals surface area contributed by atoms with Crippen molar-refractivity contribution < 1.29 is 23.6 Å². The Bertz CT molecular complexity index is 744. The van der Waals surface area contributed by atoms with Gasteiger partial charge in [-0.05, 0) is 19.3 Å². The molecule has 9 heteroatoms. The maximum atomic E-state index is 14.2. The van der Waals surface area contributed by atoms with E-state index in [1.54, 1.807) is 4.90 Å². The van der Waals surface area contributed by atoms with E-state index >= 15 is 0 Å². The zero-order valence-corrected chi connectivity index (χ0v) is 13.7. The number of halogens is 1. The van der Waals surface area contributed by atoms with Gasteiger partial charge in [-0.1, -0.05) is 0 Å². The zero-order valence-electron chi connectivity index (χ0n) is 13.7. The molecule has 0 aromatic heterocycles. The number of benzene rings is 1. The van der Waals surface area contributed by atoms with Gasteiger partial charge in [0.05, 0.1) is 17.4 Å². The lowest BCUT2D eigenvalue weighted by Gasteiger charge is -2.38. The smallest absolute Gasteiger partial charge is 0.341 e. The summed E-state index contributed by atoms with van der Waals surface area (Å²) in [7, 11) is 1.08. The van der Waals surface area contributed by atoms with Crippen LogP contribution in [0.25, 0.3) is 0 Å². The summed E-state index contributed by atoms with van der Waals surface area (Å²) in [5, 5.41) is 14.2. The molecule has 1 aromatic carbocycles. The fourth-order valence-electron chi connectivity index (χ4n) is 3.59. The minimum Gasteiger partial charge on any atom is -0.465 e. The summed E-state index contributed by atoms with van der Waals surface area (Å²) in [6, 6.07) is 1.90. The fourth-order valence-corrected chi connectivity index (χ4v) is 3.59. The van der Waals surface area contributed by atoms with Crippen LogP contribution in [0.5, 0.6) is 0 Å². The van der Waals surface area contributed by atoms with Crippen LogP contribution in [0.2, 0.25) is 0 Å². The lowest BCUT2D eigenvalue weighted by molar-refractivity contribution is -0.384. The molecule has 1 aromatic rings. The third kappa shape index (κ3) is 2.90. The second kappa shape index (κ2) is 6.30. The number of amides is 1. The highest BCUT2D eigenvalue weighted by Gasteiger charge is 2.45. The molecule has 1 amide bonds. The van der Waals surface area contributed by atoms with Gasteiger partial charge in [0.1, 0.15) is 17.1 Å². The van der Waals surface area contributed by atoms with Gasteiger partial charge >= 0.3 is 5.97 Å². The van der Waals surface area contributed by atoms with Gasteiger partial charge in [0, 0.05) is 31.8 Å². The number of nitrogens with zero attached hydrogens (tertiary/aromatic N) is 2. The molecule has 0 bridgehead atoms. The minimum absolute atomic E-state index is 0.0221. The number of hydrogen-bond acceptors (Lipinski definition) is 6. The normalized spacial score (nSPS) is 19.0. The van der Waals surface area contributed by atoms with Crippen molar-refractivity contribution in [3.8, 4) is 0 Å². The fraction of sp³-hybridized carbons (Fsp3) is 0.500. The molecule has 2 saturated heterocycles. The van der Waals surface area contributed by atoms with E-state index in [1.807, 2.05) is 0 Å². The van der Waals surface area contributed by atoms with Crippen LogP contribution < -0.4 is 10.2 Å².